The number of aromatic nitrogens is 3. The molecule has 0 unspecified atom stereocenters. The average molecular weight is 406 g/mol. The van der Waals surface area contributed by atoms with Crippen molar-refractivity contribution in [2.45, 2.75) is 5.16 Å². The maximum Gasteiger partial charge on any atom is 0.342 e. The molecule has 9 heteroatoms. The number of benzene rings is 2. The number of aromatic amines is 1. The fourth-order valence-electron chi connectivity index (χ4n) is 2.83. The van der Waals surface area contributed by atoms with Crippen LogP contribution in [0.2, 0.25) is 0 Å². The molecule has 0 radical (unpaired) electrons. The van der Waals surface area contributed by atoms with Crippen molar-refractivity contribution in [2.75, 3.05) is 0 Å². The molecule has 0 atom stereocenters. The van der Waals surface area contributed by atoms with E-state index in [1.54, 1.807) is 41.1 Å². The highest BCUT2D eigenvalue weighted by molar-refractivity contribution is 8.04. The lowest BCUT2D eigenvalue weighted by molar-refractivity contribution is -0.384. The maximum absolute atomic E-state index is 11.8. The maximum atomic E-state index is 11.8. The summed E-state index contributed by atoms with van der Waals surface area (Å²) in [6.07, 6.45) is 3.31. The quantitative estimate of drug-likeness (QED) is 0.211. The monoisotopic (exact) mass is 406 g/mol. The first-order valence-electron chi connectivity index (χ1n) is 8.51. The molecule has 2 N–H and O–H groups in total. The van der Waals surface area contributed by atoms with E-state index < -0.39 is 10.9 Å². The average Bonchev–Trinajstić information content (AvgIpc) is 3.33. The number of para-hydroxylation sites is 2. The van der Waals surface area contributed by atoms with Gasteiger partial charge in [0, 0.05) is 29.7 Å². The number of nitrogens with zero attached hydrogens (tertiary/aromatic N) is 3. The number of nitro benzene ring substituents is 1. The lowest BCUT2D eigenvalue weighted by Crippen LogP contribution is -2.00. The molecule has 2 heterocycles. The molecule has 0 saturated carbocycles. The van der Waals surface area contributed by atoms with Crippen LogP contribution in [0.25, 0.3) is 22.8 Å². The summed E-state index contributed by atoms with van der Waals surface area (Å²) in [5.74, 6) is -1.08. The molecule has 0 spiro atoms. The van der Waals surface area contributed by atoms with Gasteiger partial charge < -0.3 is 14.7 Å². The van der Waals surface area contributed by atoms with Crippen LogP contribution >= 0.6 is 11.8 Å². The normalized spacial score (nSPS) is 11.7. The Balaban J connectivity index is 1.66. The number of imidazole rings is 1. The minimum atomic E-state index is -1.08. The molecule has 0 aliphatic heterocycles. The van der Waals surface area contributed by atoms with Crippen molar-refractivity contribution in [3.8, 4) is 5.69 Å². The van der Waals surface area contributed by atoms with Gasteiger partial charge in [-0.15, -0.1) is 0 Å². The Kier molecular flexibility index (Phi) is 4.88. The van der Waals surface area contributed by atoms with Crippen molar-refractivity contribution in [3.63, 3.8) is 0 Å². The van der Waals surface area contributed by atoms with Crippen LogP contribution in [0, 0.1) is 10.1 Å². The fourth-order valence-corrected chi connectivity index (χ4v) is 3.61. The van der Waals surface area contributed by atoms with Gasteiger partial charge in [-0.1, -0.05) is 12.1 Å². The minimum Gasteiger partial charge on any atom is -0.477 e. The molecule has 4 aromatic rings. The minimum absolute atomic E-state index is 0.00957. The number of H-pyrrole nitrogens is 1. The van der Waals surface area contributed by atoms with Gasteiger partial charge in [-0.25, -0.2) is 9.78 Å². The van der Waals surface area contributed by atoms with E-state index in [4.69, 9.17) is 0 Å². The highest BCUT2D eigenvalue weighted by Crippen LogP contribution is 2.29. The van der Waals surface area contributed by atoms with Gasteiger partial charge in [0.2, 0.25) is 0 Å². The third kappa shape index (κ3) is 3.90. The van der Waals surface area contributed by atoms with Crippen LogP contribution < -0.4 is 0 Å². The van der Waals surface area contributed by atoms with E-state index in [9.17, 15) is 20.0 Å². The zero-order valence-electron chi connectivity index (χ0n) is 14.9. The molecule has 0 bridgehead atoms. The first-order chi connectivity index (χ1) is 14.0. The number of nitrogens with one attached hydrogen (secondary N) is 1. The molecule has 0 fully saturated rings. The van der Waals surface area contributed by atoms with E-state index in [2.05, 4.69) is 9.97 Å². The highest BCUT2D eigenvalue weighted by Gasteiger charge is 2.15. The summed E-state index contributed by atoms with van der Waals surface area (Å²) in [4.78, 5) is 29.8. The molecule has 29 heavy (non-hydrogen) atoms. The summed E-state index contributed by atoms with van der Waals surface area (Å²) in [5.41, 5.74) is 2.89. The van der Waals surface area contributed by atoms with Crippen molar-refractivity contribution in [3.05, 3.63) is 87.6 Å². The number of non-ortho nitro benzene ring substituents is 1. The summed E-state index contributed by atoms with van der Waals surface area (Å²) in [6, 6.07) is 17.0. The SMILES string of the molecule is O=C(O)/C(=C/c1cccn1-c1ccc([N+](=O)[O-])cc1)Sc1nc2ccccc2[nH]1. The van der Waals surface area contributed by atoms with Crippen molar-refractivity contribution < 1.29 is 14.8 Å². The largest absolute Gasteiger partial charge is 0.477 e. The van der Waals surface area contributed by atoms with Crippen LogP contribution in [0.4, 0.5) is 5.69 Å². The number of thioether (sulfide) groups is 1. The second kappa shape index (κ2) is 7.64. The van der Waals surface area contributed by atoms with Gasteiger partial charge in [-0.2, -0.15) is 0 Å². The Morgan fingerprint density at radius 3 is 2.59 bits per heavy atom. The Labute approximate surface area is 168 Å². The highest BCUT2D eigenvalue weighted by atomic mass is 32.2. The Bertz CT molecular complexity index is 1210. The number of carboxylic acids is 1. The van der Waals surface area contributed by atoms with Crippen LogP contribution in [0.1, 0.15) is 5.69 Å². The summed E-state index contributed by atoms with van der Waals surface area (Å²) in [6.45, 7) is 0. The zero-order valence-corrected chi connectivity index (χ0v) is 15.7. The number of hydrogen-bond donors (Lipinski definition) is 2. The van der Waals surface area contributed by atoms with Gasteiger partial charge in [-0.3, -0.25) is 10.1 Å². The molecule has 8 nitrogen and oxygen atoms in total. The molecule has 0 saturated heterocycles. The van der Waals surface area contributed by atoms with Gasteiger partial charge in [-0.05, 0) is 54.2 Å². The lowest BCUT2D eigenvalue weighted by Gasteiger charge is -2.07. The first kappa shape index (κ1) is 18.5. The molecule has 144 valence electrons. The lowest BCUT2D eigenvalue weighted by atomic mass is 10.2. The van der Waals surface area contributed by atoms with Gasteiger partial charge in [0.1, 0.15) is 4.91 Å². The number of aliphatic carboxylic acids is 1. The number of fused-ring (bicyclic) bond motifs is 1. The van der Waals surface area contributed by atoms with Gasteiger partial charge in [0.05, 0.1) is 16.0 Å². The molecule has 4 rings (SSSR count). The summed E-state index contributed by atoms with van der Waals surface area (Å²) in [5, 5.41) is 21.0. The number of carbonyl (C=O) groups is 1. The van der Waals surface area contributed by atoms with E-state index in [-0.39, 0.29) is 10.6 Å². The Hall–Kier alpha value is -3.85. The van der Waals surface area contributed by atoms with Crippen LogP contribution in [0.5, 0.6) is 0 Å². The van der Waals surface area contributed by atoms with E-state index in [1.807, 2.05) is 24.3 Å². The van der Waals surface area contributed by atoms with Crippen molar-refractivity contribution in [1.82, 2.24) is 14.5 Å². The standard InChI is InChI=1S/C20H14N4O4S/c25-19(26)18(29-20-21-16-5-1-2-6-17(16)22-20)12-15-4-3-11-23(15)13-7-9-14(10-8-13)24(27)28/h1-12H,(H,21,22)(H,25,26)/b18-12-. The third-order valence-corrected chi connectivity index (χ3v) is 5.08. The van der Waals surface area contributed by atoms with Crippen molar-refractivity contribution in [2.24, 2.45) is 0 Å². The van der Waals surface area contributed by atoms with Gasteiger partial charge in [0.15, 0.2) is 5.16 Å². The molecular formula is C20H14N4O4S. The molecule has 0 amide bonds. The van der Waals surface area contributed by atoms with E-state index >= 15 is 0 Å². The number of rotatable bonds is 6. The topological polar surface area (TPSA) is 114 Å². The van der Waals surface area contributed by atoms with Gasteiger partial charge in [0.25, 0.3) is 5.69 Å². The Morgan fingerprint density at radius 1 is 1.14 bits per heavy atom. The number of hydrogen-bond acceptors (Lipinski definition) is 5. The van der Waals surface area contributed by atoms with Crippen LogP contribution in [0.3, 0.4) is 0 Å². The Morgan fingerprint density at radius 2 is 1.90 bits per heavy atom. The smallest absolute Gasteiger partial charge is 0.342 e. The zero-order chi connectivity index (χ0) is 20.4. The summed E-state index contributed by atoms with van der Waals surface area (Å²) >= 11 is 1.02. The molecular weight excluding hydrogens is 392 g/mol. The number of carboxylic acid groups (broad SMARTS) is 1. The second-order valence-corrected chi connectivity index (χ2v) is 7.08. The second-order valence-electron chi connectivity index (χ2n) is 6.05. The van der Waals surface area contributed by atoms with E-state index in [0.29, 0.717) is 16.5 Å². The van der Waals surface area contributed by atoms with Crippen molar-refractivity contribution in [1.29, 1.82) is 0 Å². The van der Waals surface area contributed by atoms with Crippen LogP contribution in [-0.2, 0) is 4.79 Å². The summed E-state index contributed by atoms with van der Waals surface area (Å²) < 4.78 is 1.76. The van der Waals surface area contributed by atoms with Gasteiger partial charge >= 0.3 is 5.97 Å². The molecule has 0 aliphatic rings. The predicted molar refractivity (Wildman–Crippen MR) is 110 cm³/mol. The molecule has 2 aromatic carbocycles. The first-order valence-corrected chi connectivity index (χ1v) is 9.33. The molecule has 0 aliphatic carbocycles. The fraction of sp³-hybridized carbons (Fsp3) is 0. The summed E-state index contributed by atoms with van der Waals surface area (Å²) in [7, 11) is 0. The van der Waals surface area contributed by atoms with Crippen LogP contribution in [0.15, 0.2) is 76.9 Å². The predicted octanol–water partition coefficient (Wildman–Crippen LogP) is 4.48. The van der Waals surface area contributed by atoms with E-state index in [0.717, 1.165) is 22.8 Å². The third-order valence-electron chi connectivity index (χ3n) is 4.18. The molecule has 2 aromatic heterocycles. The van der Waals surface area contributed by atoms with E-state index in [1.165, 1.54) is 12.1 Å². The van der Waals surface area contributed by atoms with Crippen molar-refractivity contribution >= 4 is 40.5 Å². The number of nitro groups is 1. The van der Waals surface area contributed by atoms with Crippen LogP contribution in [-0.4, -0.2) is 30.5 Å².